The van der Waals surface area contributed by atoms with Gasteiger partial charge in [0.05, 0.1) is 5.65 Å². The minimum absolute atomic E-state index is 0. The Bertz CT molecular complexity index is 1410. The van der Waals surface area contributed by atoms with Gasteiger partial charge < -0.3 is 9.51 Å². The summed E-state index contributed by atoms with van der Waals surface area (Å²) in [6.45, 7) is 6.76. The van der Waals surface area contributed by atoms with E-state index < -0.39 is 5.97 Å². The molecule has 2 aromatic carbocycles. The molecule has 3 heterocycles. The van der Waals surface area contributed by atoms with Crippen molar-refractivity contribution in [3.63, 3.8) is 0 Å². The molecule has 34 heavy (non-hydrogen) atoms. The number of pyridine rings is 2. The van der Waals surface area contributed by atoms with Crippen molar-refractivity contribution in [1.29, 1.82) is 0 Å². The van der Waals surface area contributed by atoms with Crippen molar-refractivity contribution >= 4 is 33.3 Å². The predicted molar refractivity (Wildman–Crippen MR) is 133 cm³/mol. The van der Waals surface area contributed by atoms with E-state index in [0.717, 1.165) is 23.9 Å². The average molecular weight is 631 g/mol. The second-order valence-corrected chi connectivity index (χ2v) is 8.59. The zero-order valence-corrected chi connectivity index (χ0v) is 22.0. The first-order valence-electron chi connectivity index (χ1n) is 11.3. The molecule has 1 radical (unpaired) electrons. The average Bonchev–Trinajstić information content (AvgIpc) is 3.24. The molecule has 0 saturated heterocycles. The van der Waals surface area contributed by atoms with Crippen molar-refractivity contribution < 1.29 is 30.0 Å². The third kappa shape index (κ3) is 5.35. The molecule has 5 aromatic rings. The van der Waals surface area contributed by atoms with Crippen molar-refractivity contribution in [2.75, 3.05) is 0 Å². The monoisotopic (exact) mass is 631 g/mol. The first-order valence-corrected chi connectivity index (χ1v) is 11.3. The molecule has 0 amide bonds. The molecule has 0 aliphatic rings. The summed E-state index contributed by atoms with van der Waals surface area (Å²) >= 11 is 0. The number of rotatable bonds is 5. The van der Waals surface area contributed by atoms with Gasteiger partial charge in [0.25, 0.3) is 0 Å². The van der Waals surface area contributed by atoms with Gasteiger partial charge in [-0.25, -0.2) is 9.78 Å². The summed E-state index contributed by atoms with van der Waals surface area (Å²) in [5, 5.41) is 12.0. The number of hydrogen-bond donors (Lipinski definition) is 1. The van der Waals surface area contributed by atoms with E-state index >= 15 is 0 Å². The van der Waals surface area contributed by atoms with Gasteiger partial charge in [0.15, 0.2) is 0 Å². The number of aromatic carboxylic acids is 1. The topological polar surface area (TPSA) is 67.5 Å². The summed E-state index contributed by atoms with van der Waals surface area (Å²) in [5.41, 5.74) is 5.07. The van der Waals surface area contributed by atoms with Crippen LogP contribution in [-0.4, -0.2) is 25.4 Å². The number of carboxylic acid groups (broad SMARTS) is 1. The van der Waals surface area contributed by atoms with Crippen LogP contribution in [0.4, 0.5) is 0 Å². The van der Waals surface area contributed by atoms with E-state index in [9.17, 15) is 4.79 Å². The van der Waals surface area contributed by atoms with E-state index in [1.165, 1.54) is 46.2 Å². The fraction of sp³-hybridized carbons (Fsp3) is 0.250. The van der Waals surface area contributed by atoms with Crippen molar-refractivity contribution in [3.05, 3.63) is 90.0 Å². The quantitative estimate of drug-likeness (QED) is 0.181. The summed E-state index contributed by atoms with van der Waals surface area (Å²) in [5.74, 6) is -0.384. The molecule has 5 nitrogen and oxygen atoms in total. The molecule has 5 rings (SSSR count). The van der Waals surface area contributed by atoms with E-state index in [-0.39, 0.29) is 25.8 Å². The molecule has 0 saturated carbocycles. The second kappa shape index (κ2) is 11.4. The molecule has 0 atom stereocenters. The summed E-state index contributed by atoms with van der Waals surface area (Å²) < 4.78 is 2.35. The Morgan fingerprint density at radius 2 is 1.91 bits per heavy atom. The van der Waals surface area contributed by atoms with Crippen LogP contribution in [0, 0.1) is 12.0 Å². The van der Waals surface area contributed by atoms with Gasteiger partial charge in [-0.2, -0.15) is 0 Å². The number of benzene rings is 2. The molecular weight excluding hydrogens is 603 g/mol. The van der Waals surface area contributed by atoms with Gasteiger partial charge in [0, 0.05) is 43.7 Å². The maximum absolute atomic E-state index is 10.1. The molecule has 6 heteroatoms. The van der Waals surface area contributed by atoms with Crippen LogP contribution in [0.2, 0.25) is 0 Å². The molecule has 3 aromatic heterocycles. The summed E-state index contributed by atoms with van der Waals surface area (Å²) in [7, 11) is 0. The number of carbonyl (C=O) groups is 1. The third-order valence-corrected chi connectivity index (χ3v) is 5.55. The van der Waals surface area contributed by atoms with Crippen LogP contribution in [0.15, 0.2) is 67.0 Å². The first kappa shape index (κ1) is 25.5. The van der Waals surface area contributed by atoms with E-state index in [1.54, 1.807) is 12.1 Å². The first-order chi connectivity index (χ1) is 16.0. The van der Waals surface area contributed by atoms with Crippen molar-refractivity contribution in [2.45, 2.75) is 40.0 Å². The molecular formula is C28H28IrN3O2-. The van der Waals surface area contributed by atoms with Gasteiger partial charge in [-0.3, -0.25) is 4.98 Å². The molecule has 1 N–H and O–H groups in total. The Hall–Kier alpha value is -3.08. The Morgan fingerprint density at radius 1 is 1.09 bits per heavy atom. The van der Waals surface area contributed by atoms with Gasteiger partial charge in [-0.15, -0.1) is 29.7 Å². The van der Waals surface area contributed by atoms with Crippen LogP contribution in [0.3, 0.4) is 0 Å². The van der Waals surface area contributed by atoms with Crippen LogP contribution in [0.5, 0.6) is 0 Å². The summed E-state index contributed by atoms with van der Waals surface area (Å²) in [6, 6.07) is 21.3. The number of aromatic nitrogens is 3. The zero-order valence-electron chi connectivity index (χ0n) is 19.6. The molecule has 0 aliphatic carbocycles. The minimum atomic E-state index is -0.990. The minimum Gasteiger partial charge on any atom is -0.477 e. The normalized spacial score (nSPS) is 10.8. The molecule has 0 aliphatic heterocycles. The van der Waals surface area contributed by atoms with E-state index in [1.807, 2.05) is 12.3 Å². The number of imidazole rings is 1. The molecule has 177 valence electrons. The molecule has 0 spiro atoms. The van der Waals surface area contributed by atoms with Gasteiger partial charge in [0.1, 0.15) is 5.69 Å². The van der Waals surface area contributed by atoms with Gasteiger partial charge in [-0.1, -0.05) is 50.8 Å². The smallest absolute Gasteiger partial charge is 0.354 e. The van der Waals surface area contributed by atoms with Gasteiger partial charge in [0.2, 0.25) is 0 Å². The fourth-order valence-corrected chi connectivity index (χ4v) is 4.16. The third-order valence-electron chi connectivity index (χ3n) is 5.55. The van der Waals surface area contributed by atoms with Crippen molar-refractivity contribution in [2.24, 2.45) is 5.92 Å². The number of aryl methyl sites for hydroxylation is 1. The number of nitrogens with zero attached hydrogens (tertiary/aromatic N) is 3. The van der Waals surface area contributed by atoms with Gasteiger partial charge >= 0.3 is 5.97 Å². The van der Waals surface area contributed by atoms with Crippen molar-refractivity contribution in [1.82, 2.24) is 14.4 Å². The Kier molecular flexibility index (Phi) is 8.54. The Morgan fingerprint density at radius 3 is 2.56 bits per heavy atom. The summed E-state index contributed by atoms with van der Waals surface area (Å²) in [6.07, 6.45) is 6.81. The van der Waals surface area contributed by atoms with E-state index in [4.69, 9.17) is 10.1 Å². The second-order valence-electron chi connectivity index (χ2n) is 8.59. The van der Waals surface area contributed by atoms with Gasteiger partial charge in [-0.05, 0) is 47.9 Å². The maximum atomic E-state index is 10.1. The molecule has 0 bridgehead atoms. The standard InChI is InChI=1S/C22H23N2.C6H5NO2.Ir/c1-4-7-16-10-11-19-18-8-5-6-9-20(18)22-23-14-17(12-15(2)3)24(22)21(19)13-16;8-6(9)5-3-1-2-4-7-5;/h5-6,8,10-11,13-15H,4,7,12H2,1-3H3;1-4H,(H,8,9);/q-1;;. The number of carboxylic acids is 1. The number of hydrogen-bond acceptors (Lipinski definition) is 3. The summed E-state index contributed by atoms with van der Waals surface area (Å²) in [4.78, 5) is 18.5. The molecule has 0 unspecified atom stereocenters. The predicted octanol–water partition coefficient (Wildman–Crippen LogP) is 6.37. The molecule has 0 fully saturated rings. The Labute approximate surface area is 213 Å². The van der Waals surface area contributed by atoms with Crippen LogP contribution in [-0.2, 0) is 32.9 Å². The largest absolute Gasteiger partial charge is 0.477 e. The van der Waals surface area contributed by atoms with Crippen LogP contribution in [0.25, 0.3) is 27.3 Å². The Balaban J connectivity index is 0.000000275. The van der Waals surface area contributed by atoms with Crippen molar-refractivity contribution in [3.8, 4) is 0 Å². The SMILES string of the molecule is CCCc1ccc2c3ccc[c-]c3c3ncc(CC(C)C)n3c2c1.O=C(O)c1ccccn1.[Ir]. The zero-order chi connectivity index (χ0) is 23.4. The number of fused-ring (bicyclic) bond motifs is 6. The maximum Gasteiger partial charge on any atom is 0.354 e. The fourth-order valence-electron chi connectivity index (χ4n) is 4.16. The van der Waals surface area contributed by atoms with Crippen LogP contribution < -0.4 is 0 Å². The van der Waals surface area contributed by atoms with E-state index in [0.29, 0.717) is 5.92 Å². The van der Waals surface area contributed by atoms with Crippen LogP contribution in [0.1, 0.15) is 48.9 Å². The van der Waals surface area contributed by atoms with Crippen LogP contribution >= 0.6 is 0 Å². The van der Waals surface area contributed by atoms with E-state index in [2.05, 4.69) is 66.6 Å².